The normalized spacial score (nSPS) is 38.6. The van der Waals surface area contributed by atoms with Crippen molar-refractivity contribution in [2.45, 2.75) is 46.1 Å². The monoisotopic (exact) mass is 217 g/mol. The van der Waals surface area contributed by atoms with Crippen molar-refractivity contribution in [3.63, 3.8) is 0 Å². The van der Waals surface area contributed by atoms with Crippen LogP contribution in [0.25, 0.3) is 0 Å². The molecule has 2 rings (SSSR count). The maximum Gasteiger partial charge on any atom is 0.0886 e. The first-order chi connectivity index (χ1) is 7.72. The van der Waals surface area contributed by atoms with Crippen LogP contribution in [0.3, 0.4) is 0 Å². The zero-order valence-corrected chi connectivity index (χ0v) is 10.7. The second kappa shape index (κ2) is 4.99. The Morgan fingerprint density at radius 3 is 2.81 bits per heavy atom. The van der Waals surface area contributed by atoms with Crippen LogP contribution in [0.1, 0.15) is 40.0 Å². The quantitative estimate of drug-likeness (QED) is 0.620. The summed E-state index contributed by atoms with van der Waals surface area (Å²) in [6.07, 6.45) is 12.5. The van der Waals surface area contributed by atoms with Crippen LogP contribution in [0.15, 0.2) is 28.8 Å². The van der Waals surface area contributed by atoms with Crippen molar-refractivity contribution in [2.24, 2.45) is 22.7 Å². The van der Waals surface area contributed by atoms with E-state index in [9.17, 15) is 0 Å². The van der Waals surface area contributed by atoms with Gasteiger partial charge in [0.1, 0.15) is 0 Å². The second-order valence-electron chi connectivity index (χ2n) is 5.29. The molecule has 0 amide bonds. The van der Waals surface area contributed by atoms with Crippen molar-refractivity contribution in [3.05, 3.63) is 23.8 Å². The van der Waals surface area contributed by atoms with E-state index < -0.39 is 0 Å². The topological polar surface area (TPSA) is 12.4 Å². The maximum atomic E-state index is 4.60. The Morgan fingerprint density at radius 2 is 2.19 bits per heavy atom. The number of dihydropyridines is 1. The fourth-order valence-corrected chi connectivity index (χ4v) is 2.90. The highest BCUT2D eigenvalue weighted by Crippen LogP contribution is 2.37. The van der Waals surface area contributed by atoms with Gasteiger partial charge in [0.05, 0.1) is 6.04 Å². The van der Waals surface area contributed by atoms with Gasteiger partial charge in [-0.3, -0.25) is 4.99 Å². The van der Waals surface area contributed by atoms with Gasteiger partial charge in [-0.25, -0.2) is 0 Å². The first-order valence-electron chi connectivity index (χ1n) is 6.61. The Labute approximate surface area is 99.4 Å². The largest absolute Gasteiger partial charge is 0.285 e. The van der Waals surface area contributed by atoms with Crippen molar-refractivity contribution in [1.29, 1.82) is 0 Å². The summed E-state index contributed by atoms with van der Waals surface area (Å²) in [5.74, 6) is 2.38. The molecule has 0 bridgehead atoms. The minimum absolute atomic E-state index is 0.345. The third-order valence-electron chi connectivity index (χ3n) is 4.24. The molecule has 2 aliphatic rings. The highest BCUT2D eigenvalue weighted by molar-refractivity contribution is 5.62. The minimum Gasteiger partial charge on any atom is -0.285 e. The number of nitrogens with zero attached hydrogens (tertiary/aromatic N) is 1. The van der Waals surface area contributed by atoms with Gasteiger partial charge in [0.25, 0.3) is 0 Å². The van der Waals surface area contributed by atoms with Gasteiger partial charge in [-0.2, -0.15) is 0 Å². The Balaban J connectivity index is 2.17. The number of hydrogen-bond acceptors (Lipinski definition) is 1. The number of allylic oxidation sites excluding steroid dienone is 2. The molecule has 0 aromatic rings. The number of rotatable bonds is 2. The molecule has 1 heterocycles. The molecular formula is C15H23N. The lowest BCUT2D eigenvalue weighted by Gasteiger charge is -2.34. The lowest BCUT2D eigenvalue weighted by molar-refractivity contribution is 0.273. The Morgan fingerprint density at radius 1 is 1.38 bits per heavy atom. The zero-order chi connectivity index (χ0) is 11.5. The predicted octanol–water partition coefficient (Wildman–Crippen LogP) is 4.01. The van der Waals surface area contributed by atoms with E-state index in [0.717, 1.165) is 24.2 Å². The molecule has 16 heavy (non-hydrogen) atoms. The molecule has 0 radical (unpaired) electrons. The summed E-state index contributed by atoms with van der Waals surface area (Å²) in [6, 6.07) is 0.345. The third-order valence-corrected chi connectivity index (χ3v) is 4.24. The molecular weight excluding hydrogens is 194 g/mol. The molecule has 0 aromatic heterocycles. The van der Waals surface area contributed by atoms with Crippen molar-refractivity contribution in [2.75, 3.05) is 0 Å². The SMILES string of the molecule is CCC1C=C(C2C=CCC=N2)CC(C)C1C. The smallest absolute Gasteiger partial charge is 0.0886 e. The summed E-state index contributed by atoms with van der Waals surface area (Å²) in [5.41, 5.74) is 1.55. The molecule has 88 valence electrons. The van der Waals surface area contributed by atoms with Crippen LogP contribution in [0.4, 0.5) is 0 Å². The molecule has 0 saturated carbocycles. The summed E-state index contributed by atoms with van der Waals surface area (Å²) < 4.78 is 0. The van der Waals surface area contributed by atoms with Gasteiger partial charge in [-0.1, -0.05) is 39.0 Å². The molecule has 1 aliphatic carbocycles. The molecule has 0 aromatic carbocycles. The Bertz CT molecular complexity index is 312. The molecule has 0 fully saturated rings. The summed E-state index contributed by atoms with van der Waals surface area (Å²) in [4.78, 5) is 4.60. The highest BCUT2D eigenvalue weighted by Gasteiger charge is 2.28. The van der Waals surface area contributed by atoms with Gasteiger partial charge in [-0.05, 0) is 36.2 Å². The van der Waals surface area contributed by atoms with Crippen molar-refractivity contribution < 1.29 is 0 Å². The highest BCUT2D eigenvalue weighted by atomic mass is 14.8. The van der Waals surface area contributed by atoms with Crippen molar-refractivity contribution in [3.8, 4) is 0 Å². The molecule has 4 unspecified atom stereocenters. The van der Waals surface area contributed by atoms with E-state index >= 15 is 0 Å². The van der Waals surface area contributed by atoms with Gasteiger partial charge in [0, 0.05) is 12.6 Å². The van der Waals surface area contributed by atoms with Gasteiger partial charge in [0.2, 0.25) is 0 Å². The van der Waals surface area contributed by atoms with Gasteiger partial charge >= 0.3 is 0 Å². The van der Waals surface area contributed by atoms with E-state index in [0.29, 0.717) is 6.04 Å². The summed E-state index contributed by atoms with van der Waals surface area (Å²) in [7, 11) is 0. The number of aliphatic imine (C=N–C) groups is 1. The molecule has 0 spiro atoms. The van der Waals surface area contributed by atoms with E-state index in [1.807, 2.05) is 0 Å². The van der Waals surface area contributed by atoms with Gasteiger partial charge < -0.3 is 0 Å². The Hall–Kier alpha value is -0.850. The van der Waals surface area contributed by atoms with Gasteiger partial charge in [0.15, 0.2) is 0 Å². The minimum atomic E-state index is 0.345. The Kier molecular flexibility index (Phi) is 3.63. The standard InChI is InChI=1S/C15H23N/c1-4-13-10-14(9-11(2)12(13)3)15-7-5-6-8-16-15/h5,7-8,10-13,15H,4,6,9H2,1-3H3. The van der Waals surface area contributed by atoms with Crippen LogP contribution < -0.4 is 0 Å². The van der Waals surface area contributed by atoms with Crippen LogP contribution in [-0.4, -0.2) is 12.3 Å². The van der Waals surface area contributed by atoms with Crippen molar-refractivity contribution >= 4 is 6.21 Å². The summed E-state index contributed by atoms with van der Waals surface area (Å²) >= 11 is 0. The molecule has 1 heteroatoms. The molecule has 1 nitrogen and oxygen atoms in total. The van der Waals surface area contributed by atoms with E-state index in [1.54, 1.807) is 5.57 Å². The zero-order valence-electron chi connectivity index (χ0n) is 10.7. The lowest BCUT2D eigenvalue weighted by atomic mass is 9.72. The van der Waals surface area contributed by atoms with Crippen LogP contribution in [-0.2, 0) is 0 Å². The number of hydrogen-bond donors (Lipinski definition) is 0. The maximum absolute atomic E-state index is 4.60. The molecule has 4 atom stereocenters. The third kappa shape index (κ3) is 2.28. The predicted molar refractivity (Wildman–Crippen MR) is 70.8 cm³/mol. The fraction of sp³-hybridized carbons (Fsp3) is 0.667. The van der Waals surface area contributed by atoms with Crippen LogP contribution in [0, 0.1) is 17.8 Å². The summed E-state index contributed by atoms with van der Waals surface area (Å²) in [6.45, 7) is 7.08. The molecule has 1 aliphatic heterocycles. The molecule has 0 saturated heterocycles. The first-order valence-corrected chi connectivity index (χ1v) is 6.61. The van der Waals surface area contributed by atoms with E-state index in [-0.39, 0.29) is 0 Å². The van der Waals surface area contributed by atoms with Crippen LogP contribution in [0.5, 0.6) is 0 Å². The molecule has 0 N–H and O–H groups in total. The van der Waals surface area contributed by atoms with Crippen LogP contribution in [0.2, 0.25) is 0 Å². The van der Waals surface area contributed by atoms with Gasteiger partial charge in [-0.15, -0.1) is 0 Å². The average molecular weight is 217 g/mol. The van der Waals surface area contributed by atoms with Crippen molar-refractivity contribution in [1.82, 2.24) is 0 Å². The lowest BCUT2D eigenvalue weighted by Crippen LogP contribution is -2.26. The summed E-state index contributed by atoms with van der Waals surface area (Å²) in [5, 5.41) is 0. The fourth-order valence-electron chi connectivity index (χ4n) is 2.90. The van der Waals surface area contributed by atoms with Crippen LogP contribution >= 0.6 is 0 Å². The van der Waals surface area contributed by atoms with E-state index in [1.165, 1.54) is 12.8 Å². The van der Waals surface area contributed by atoms with E-state index in [4.69, 9.17) is 0 Å². The average Bonchev–Trinajstić information content (AvgIpc) is 2.33. The second-order valence-corrected chi connectivity index (χ2v) is 5.29. The first kappa shape index (κ1) is 11.6. The van der Waals surface area contributed by atoms with E-state index in [2.05, 4.69) is 50.2 Å².